The van der Waals surface area contributed by atoms with Gasteiger partial charge < -0.3 is 14.8 Å². The lowest BCUT2D eigenvalue weighted by Crippen LogP contribution is -2.11. The van der Waals surface area contributed by atoms with E-state index in [4.69, 9.17) is 9.47 Å². The Morgan fingerprint density at radius 1 is 1.18 bits per heavy atom. The zero-order valence-electron chi connectivity index (χ0n) is 11.0. The van der Waals surface area contributed by atoms with Crippen LogP contribution < -0.4 is 10.1 Å². The Balaban J connectivity index is 2.46. The van der Waals surface area contributed by atoms with E-state index in [9.17, 15) is 0 Å². The van der Waals surface area contributed by atoms with E-state index in [1.807, 2.05) is 31.2 Å². The molecule has 0 atom stereocenters. The van der Waals surface area contributed by atoms with E-state index in [2.05, 4.69) is 19.2 Å². The molecule has 0 aliphatic carbocycles. The maximum Gasteiger partial charge on any atom is 0.142 e. The maximum atomic E-state index is 5.68. The molecule has 0 aliphatic rings. The summed E-state index contributed by atoms with van der Waals surface area (Å²) in [5.74, 6) is 1.51. The van der Waals surface area contributed by atoms with E-state index >= 15 is 0 Å². The third-order valence-corrected chi connectivity index (χ3v) is 2.28. The monoisotopic (exact) mass is 237 g/mol. The first-order valence-electron chi connectivity index (χ1n) is 6.27. The highest BCUT2D eigenvalue weighted by Gasteiger charge is 2.02. The van der Waals surface area contributed by atoms with Crippen LogP contribution in [-0.2, 0) is 4.74 Å². The predicted molar refractivity (Wildman–Crippen MR) is 71.8 cm³/mol. The number of anilines is 1. The van der Waals surface area contributed by atoms with Gasteiger partial charge in [-0.15, -0.1) is 0 Å². The number of benzene rings is 1. The largest absolute Gasteiger partial charge is 0.489 e. The average Bonchev–Trinajstić information content (AvgIpc) is 2.33. The van der Waals surface area contributed by atoms with Crippen LogP contribution in [0.3, 0.4) is 0 Å². The number of nitrogens with one attached hydrogen (secondary N) is 1. The van der Waals surface area contributed by atoms with Crippen molar-refractivity contribution in [1.82, 2.24) is 0 Å². The fraction of sp³-hybridized carbons (Fsp3) is 0.571. The van der Waals surface area contributed by atoms with Crippen molar-refractivity contribution < 1.29 is 9.47 Å². The molecule has 0 amide bonds. The highest BCUT2D eigenvalue weighted by atomic mass is 16.5. The molecule has 17 heavy (non-hydrogen) atoms. The lowest BCUT2D eigenvalue weighted by Gasteiger charge is -2.14. The lowest BCUT2D eigenvalue weighted by atomic mass is 10.2. The fourth-order valence-corrected chi connectivity index (χ4v) is 1.41. The second kappa shape index (κ2) is 7.96. The first-order chi connectivity index (χ1) is 8.24. The summed E-state index contributed by atoms with van der Waals surface area (Å²) in [7, 11) is 0. The Labute approximate surface area is 104 Å². The van der Waals surface area contributed by atoms with Gasteiger partial charge in [-0.2, -0.15) is 0 Å². The average molecular weight is 237 g/mol. The lowest BCUT2D eigenvalue weighted by molar-refractivity contribution is 0.110. The Morgan fingerprint density at radius 2 is 1.94 bits per heavy atom. The summed E-state index contributed by atoms with van der Waals surface area (Å²) in [6.07, 6.45) is 0. The van der Waals surface area contributed by atoms with Gasteiger partial charge in [0, 0.05) is 13.2 Å². The van der Waals surface area contributed by atoms with Crippen LogP contribution in [0, 0.1) is 5.92 Å². The summed E-state index contributed by atoms with van der Waals surface area (Å²) in [4.78, 5) is 0. The number of hydrogen-bond donors (Lipinski definition) is 1. The Kier molecular flexibility index (Phi) is 6.48. The van der Waals surface area contributed by atoms with Gasteiger partial charge in [0.1, 0.15) is 12.4 Å². The molecule has 0 aliphatic heterocycles. The Morgan fingerprint density at radius 3 is 2.65 bits per heavy atom. The SMILES string of the molecule is CCOCCOc1ccccc1NCC(C)C. The summed E-state index contributed by atoms with van der Waals surface area (Å²) >= 11 is 0. The molecule has 1 N–H and O–H groups in total. The van der Waals surface area contributed by atoms with E-state index in [1.54, 1.807) is 0 Å². The molecule has 3 heteroatoms. The van der Waals surface area contributed by atoms with Gasteiger partial charge in [0.05, 0.1) is 12.3 Å². The standard InChI is InChI=1S/C14H23NO2/c1-4-16-9-10-17-14-8-6-5-7-13(14)15-11-12(2)3/h5-8,12,15H,4,9-11H2,1-3H3. The fourth-order valence-electron chi connectivity index (χ4n) is 1.41. The van der Waals surface area contributed by atoms with E-state index in [0.29, 0.717) is 19.1 Å². The molecule has 0 radical (unpaired) electrons. The van der Waals surface area contributed by atoms with Gasteiger partial charge in [0.15, 0.2) is 0 Å². The van der Waals surface area contributed by atoms with E-state index in [0.717, 1.165) is 24.6 Å². The summed E-state index contributed by atoms with van der Waals surface area (Å²) in [6, 6.07) is 8.02. The minimum atomic E-state index is 0.591. The molecular formula is C14H23NO2. The van der Waals surface area contributed by atoms with Crippen LogP contribution in [0.2, 0.25) is 0 Å². The second-order valence-electron chi connectivity index (χ2n) is 4.32. The van der Waals surface area contributed by atoms with E-state index in [1.165, 1.54) is 0 Å². The van der Waals surface area contributed by atoms with Crippen molar-refractivity contribution in [1.29, 1.82) is 0 Å². The molecule has 0 unspecified atom stereocenters. The predicted octanol–water partition coefficient (Wildman–Crippen LogP) is 3.17. The van der Waals surface area contributed by atoms with Crippen molar-refractivity contribution in [3.05, 3.63) is 24.3 Å². The highest BCUT2D eigenvalue weighted by Crippen LogP contribution is 2.23. The summed E-state index contributed by atoms with van der Waals surface area (Å²) in [6.45, 7) is 9.26. The van der Waals surface area contributed by atoms with Gasteiger partial charge in [-0.05, 0) is 25.0 Å². The van der Waals surface area contributed by atoms with Crippen molar-refractivity contribution in [3.63, 3.8) is 0 Å². The number of hydrogen-bond acceptors (Lipinski definition) is 3. The molecule has 1 aromatic carbocycles. The van der Waals surface area contributed by atoms with Crippen LogP contribution in [0.5, 0.6) is 5.75 Å². The normalized spacial score (nSPS) is 10.6. The van der Waals surface area contributed by atoms with Crippen molar-refractivity contribution in [2.75, 3.05) is 31.7 Å². The van der Waals surface area contributed by atoms with Crippen molar-refractivity contribution in [2.24, 2.45) is 5.92 Å². The number of ether oxygens (including phenoxy) is 2. The highest BCUT2D eigenvalue weighted by molar-refractivity contribution is 5.56. The van der Waals surface area contributed by atoms with Crippen molar-refractivity contribution in [3.8, 4) is 5.75 Å². The van der Waals surface area contributed by atoms with Gasteiger partial charge in [0.2, 0.25) is 0 Å². The van der Waals surface area contributed by atoms with Crippen LogP contribution in [0.1, 0.15) is 20.8 Å². The maximum absolute atomic E-state index is 5.68. The van der Waals surface area contributed by atoms with Crippen molar-refractivity contribution in [2.45, 2.75) is 20.8 Å². The van der Waals surface area contributed by atoms with E-state index in [-0.39, 0.29) is 0 Å². The Hall–Kier alpha value is -1.22. The third-order valence-electron chi connectivity index (χ3n) is 2.28. The second-order valence-corrected chi connectivity index (χ2v) is 4.32. The molecule has 1 rings (SSSR count). The van der Waals surface area contributed by atoms with Crippen LogP contribution in [0.4, 0.5) is 5.69 Å². The van der Waals surface area contributed by atoms with E-state index < -0.39 is 0 Å². The molecule has 0 spiro atoms. The molecule has 96 valence electrons. The molecular weight excluding hydrogens is 214 g/mol. The van der Waals surface area contributed by atoms with Crippen LogP contribution in [0.15, 0.2) is 24.3 Å². The minimum absolute atomic E-state index is 0.591. The van der Waals surface area contributed by atoms with Gasteiger partial charge in [-0.1, -0.05) is 26.0 Å². The third kappa shape index (κ3) is 5.59. The molecule has 3 nitrogen and oxygen atoms in total. The molecule has 0 saturated heterocycles. The summed E-state index contributed by atoms with van der Waals surface area (Å²) in [5, 5.41) is 3.39. The minimum Gasteiger partial charge on any atom is -0.489 e. The zero-order valence-corrected chi connectivity index (χ0v) is 11.0. The first kappa shape index (κ1) is 13.8. The molecule has 0 fully saturated rings. The van der Waals surface area contributed by atoms with Gasteiger partial charge in [-0.3, -0.25) is 0 Å². The summed E-state index contributed by atoms with van der Waals surface area (Å²) < 4.78 is 10.9. The van der Waals surface area contributed by atoms with Crippen LogP contribution in [-0.4, -0.2) is 26.4 Å². The van der Waals surface area contributed by atoms with Crippen LogP contribution >= 0.6 is 0 Å². The molecule has 0 bridgehead atoms. The van der Waals surface area contributed by atoms with Gasteiger partial charge in [0.25, 0.3) is 0 Å². The molecule has 0 aromatic heterocycles. The number of para-hydroxylation sites is 2. The molecule has 0 heterocycles. The molecule has 1 aromatic rings. The smallest absolute Gasteiger partial charge is 0.142 e. The van der Waals surface area contributed by atoms with Crippen molar-refractivity contribution >= 4 is 5.69 Å². The zero-order chi connectivity index (χ0) is 12.5. The Bertz CT molecular complexity index is 313. The summed E-state index contributed by atoms with van der Waals surface area (Å²) in [5.41, 5.74) is 1.05. The van der Waals surface area contributed by atoms with Gasteiger partial charge in [-0.25, -0.2) is 0 Å². The molecule has 0 saturated carbocycles. The quantitative estimate of drug-likeness (QED) is 0.704. The van der Waals surface area contributed by atoms with Gasteiger partial charge >= 0.3 is 0 Å². The number of rotatable bonds is 8. The van der Waals surface area contributed by atoms with Crippen LogP contribution in [0.25, 0.3) is 0 Å². The first-order valence-corrected chi connectivity index (χ1v) is 6.27. The topological polar surface area (TPSA) is 30.5 Å².